The molecule has 0 radical (unpaired) electrons. The summed E-state index contributed by atoms with van der Waals surface area (Å²) in [5, 5.41) is 16.4. The highest BCUT2D eigenvalue weighted by molar-refractivity contribution is 6.27. The Morgan fingerprint density at radius 1 is 0.467 bits per heavy atom. The molecule has 60 heavy (non-hydrogen) atoms. The van der Waals surface area contributed by atoms with Crippen LogP contribution in [0.3, 0.4) is 0 Å². The van der Waals surface area contributed by atoms with E-state index in [2.05, 4.69) is 66.7 Å². The van der Waals surface area contributed by atoms with Crippen molar-refractivity contribution in [2.24, 2.45) is 71.0 Å². The number of carbonyl (C=O) groups is 3. The number of carbonyl (C=O) groups excluding carboxylic acids is 3. The quantitative estimate of drug-likeness (QED) is 0.168. The van der Waals surface area contributed by atoms with E-state index in [1.54, 1.807) is 0 Å². The highest BCUT2D eigenvalue weighted by Crippen LogP contribution is 2.66. The lowest BCUT2D eigenvalue weighted by Gasteiger charge is -2.53. The molecule has 9 aliphatic rings. The van der Waals surface area contributed by atoms with Crippen LogP contribution in [0.5, 0.6) is 0 Å². The number of Topliss-reactive ketones (excluding diaryl/α,β-unsaturated/α-hetero) is 2. The maximum absolute atomic E-state index is 15.2. The minimum atomic E-state index is -0.782. The van der Waals surface area contributed by atoms with Crippen molar-refractivity contribution in [2.45, 2.75) is 95.5 Å². The number of benzene rings is 5. The lowest BCUT2D eigenvalue weighted by molar-refractivity contribution is -0.131. The van der Waals surface area contributed by atoms with Gasteiger partial charge in [0.2, 0.25) is 0 Å². The highest BCUT2D eigenvalue weighted by Gasteiger charge is 2.62. The predicted molar refractivity (Wildman–Crippen MR) is 234 cm³/mol. The molecule has 5 aromatic rings. The van der Waals surface area contributed by atoms with Gasteiger partial charge < -0.3 is 5.11 Å². The largest absolute Gasteiger partial charge is 0.384 e. The van der Waals surface area contributed by atoms with Gasteiger partial charge in [0.1, 0.15) is 17.7 Å². The van der Waals surface area contributed by atoms with Crippen LogP contribution < -0.4 is 0 Å². The van der Waals surface area contributed by atoms with E-state index in [0.29, 0.717) is 76.3 Å². The lowest BCUT2D eigenvalue weighted by atomic mass is 9.51. The zero-order valence-corrected chi connectivity index (χ0v) is 34.5. The summed E-state index contributed by atoms with van der Waals surface area (Å²) < 4.78 is 0. The Morgan fingerprint density at radius 2 is 1.22 bits per heavy atom. The number of ketones is 3. The monoisotopic (exact) mass is 790 g/mol. The molecule has 14 unspecified atom stereocenters. The molecule has 14 rings (SSSR count). The van der Waals surface area contributed by atoms with Gasteiger partial charge in [0.05, 0.1) is 0 Å². The summed E-state index contributed by atoms with van der Waals surface area (Å²) in [5.41, 5.74) is 8.46. The second kappa shape index (κ2) is 12.6. The van der Waals surface area contributed by atoms with E-state index < -0.39 is 6.10 Å². The molecule has 4 heteroatoms. The topological polar surface area (TPSA) is 71.4 Å². The van der Waals surface area contributed by atoms with Crippen molar-refractivity contribution in [3.05, 3.63) is 107 Å². The van der Waals surface area contributed by atoms with Crippen LogP contribution in [-0.4, -0.2) is 22.5 Å². The van der Waals surface area contributed by atoms with Crippen LogP contribution in [0.1, 0.15) is 128 Å². The molecule has 302 valence electrons. The van der Waals surface area contributed by atoms with Gasteiger partial charge in [-0.15, -0.1) is 0 Å². The molecule has 7 fully saturated rings. The van der Waals surface area contributed by atoms with E-state index in [4.69, 9.17) is 0 Å². The second-order valence-corrected chi connectivity index (χ2v) is 21.4. The molecular formula is C56H54O4. The number of fused-ring (bicyclic) bond motifs is 19. The number of hydrogen-bond acceptors (Lipinski definition) is 4. The Kier molecular flexibility index (Phi) is 7.39. The average Bonchev–Trinajstić information content (AvgIpc) is 3.95. The normalized spacial score (nSPS) is 38.0. The van der Waals surface area contributed by atoms with Crippen LogP contribution in [-0.2, 0) is 9.59 Å². The van der Waals surface area contributed by atoms with Gasteiger partial charge in [0.15, 0.2) is 5.78 Å². The maximum atomic E-state index is 15.2. The fourth-order valence-electron chi connectivity index (χ4n) is 17.2. The predicted octanol–water partition coefficient (Wildman–Crippen LogP) is 12.0. The van der Waals surface area contributed by atoms with Crippen LogP contribution >= 0.6 is 0 Å². The van der Waals surface area contributed by atoms with Gasteiger partial charge in [-0.2, -0.15) is 0 Å². The van der Waals surface area contributed by atoms with Crippen LogP contribution in [0.25, 0.3) is 43.8 Å². The maximum Gasteiger partial charge on any atom is 0.194 e. The Hall–Kier alpha value is -4.41. The van der Waals surface area contributed by atoms with Gasteiger partial charge in [-0.25, -0.2) is 0 Å². The van der Waals surface area contributed by atoms with Gasteiger partial charge in [-0.05, 0) is 203 Å². The first-order chi connectivity index (χ1) is 29.4. The van der Waals surface area contributed by atoms with Gasteiger partial charge in [-0.3, -0.25) is 14.4 Å². The fourth-order valence-corrected chi connectivity index (χ4v) is 17.2. The molecule has 0 saturated heterocycles. The van der Waals surface area contributed by atoms with Crippen LogP contribution in [0.15, 0.2) is 78.9 Å². The lowest BCUT2D eigenvalue weighted by Crippen LogP contribution is -2.48. The molecule has 9 aliphatic carbocycles. The van der Waals surface area contributed by atoms with Crippen LogP contribution in [0.4, 0.5) is 0 Å². The van der Waals surface area contributed by atoms with Crippen molar-refractivity contribution < 1.29 is 19.5 Å². The molecule has 0 amide bonds. The van der Waals surface area contributed by atoms with E-state index in [-0.39, 0.29) is 23.5 Å². The van der Waals surface area contributed by atoms with Crippen molar-refractivity contribution in [1.82, 2.24) is 0 Å². The Morgan fingerprint density at radius 3 is 2.12 bits per heavy atom. The van der Waals surface area contributed by atoms with Gasteiger partial charge in [0, 0.05) is 40.4 Å². The third-order valence-electron chi connectivity index (χ3n) is 19.4. The minimum absolute atomic E-state index is 0.0334. The summed E-state index contributed by atoms with van der Waals surface area (Å²) in [6.45, 7) is 0. The van der Waals surface area contributed by atoms with Gasteiger partial charge in [0.25, 0.3) is 0 Å². The van der Waals surface area contributed by atoms with E-state index in [1.165, 1.54) is 75.2 Å². The van der Waals surface area contributed by atoms with Crippen molar-refractivity contribution >= 4 is 38.9 Å². The Bertz CT molecular complexity index is 2740. The molecule has 0 spiro atoms. The Labute approximate surface area is 352 Å². The van der Waals surface area contributed by atoms with Crippen molar-refractivity contribution in [2.75, 3.05) is 0 Å². The number of rotatable bonds is 1. The van der Waals surface area contributed by atoms with E-state index in [9.17, 15) is 14.7 Å². The summed E-state index contributed by atoms with van der Waals surface area (Å²) in [5.74, 6) is 7.36. The van der Waals surface area contributed by atoms with E-state index in [0.717, 1.165) is 74.4 Å². The minimum Gasteiger partial charge on any atom is -0.384 e. The molecule has 5 aromatic carbocycles. The summed E-state index contributed by atoms with van der Waals surface area (Å²) in [7, 11) is 0. The zero-order chi connectivity index (χ0) is 39.7. The number of hydrogen-bond donors (Lipinski definition) is 1. The standard InChI is InChI=1S/C56H54O4/c57-53-37-9-4-3-8-35(37)49-39(53)19-15-31-23-43-32(22-42(31)49)12-16-36-34-11-5-10-33(51(34)56(60)52(36)43)30-13-17-38-44(24-30)45-25-46-48(26-47(45)54(38)58)55(59)40-18-14-29-20-27-6-1-2-7-28(27)21-41(29)50(40)46/h1-2,6-7,13-14,17-18,20-21,24-26,31-37,39,42-43,49,51-52,54,58H,3-5,8-12,15-16,19,22-23H2. The molecule has 0 aliphatic heterocycles. The van der Waals surface area contributed by atoms with Gasteiger partial charge in [-0.1, -0.05) is 67.8 Å². The van der Waals surface area contributed by atoms with Gasteiger partial charge >= 0.3 is 0 Å². The van der Waals surface area contributed by atoms with E-state index in [1.807, 2.05) is 12.1 Å². The molecule has 0 heterocycles. The number of aliphatic hydroxyl groups is 1. The van der Waals surface area contributed by atoms with Crippen LogP contribution in [0.2, 0.25) is 0 Å². The first kappa shape index (κ1) is 35.2. The highest BCUT2D eigenvalue weighted by atomic mass is 16.3. The summed E-state index contributed by atoms with van der Waals surface area (Å²) in [4.78, 5) is 42.9. The molecule has 0 bridgehead atoms. The Balaban J connectivity index is 0.792. The third kappa shape index (κ3) is 4.60. The molecule has 1 N–H and O–H groups in total. The molecular weight excluding hydrogens is 737 g/mol. The first-order valence-corrected chi connectivity index (χ1v) is 24.0. The zero-order valence-electron chi connectivity index (χ0n) is 34.5. The fraction of sp³-hybridized carbons (Fsp3) is 0.482. The molecule has 14 atom stereocenters. The van der Waals surface area contributed by atoms with E-state index >= 15 is 4.79 Å². The summed E-state index contributed by atoms with van der Waals surface area (Å²) in [6.07, 6.45) is 14.9. The van der Waals surface area contributed by atoms with Crippen molar-refractivity contribution in [3.63, 3.8) is 0 Å². The molecule has 7 saturated carbocycles. The summed E-state index contributed by atoms with van der Waals surface area (Å²) >= 11 is 0. The summed E-state index contributed by atoms with van der Waals surface area (Å²) in [6, 6.07) is 27.8. The van der Waals surface area contributed by atoms with Crippen molar-refractivity contribution in [3.8, 4) is 22.3 Å². The first-order valence-electron chi connectivity index (χ1n) is 24.0. The molecule has 0 aromatic heterocycles. The average molecular weight is 791 g/mol. The van der Waals surface area contributed by atoms with Crippen molar-refractivity contribution in [1.29, 1.82) is 0 Å². The third-order valence-corrected chi connectivity index (χ3v) is 19.4. The SMILES string of the molecule is O=C1c2cc3c(cc2-c2c1ccc1cc4ccccc4cc21)-c1cc(C2CCCC4C5CCC6CC7C(CCC8C(=O)C9CCCCC9C87)CC6C5C(=O)C24)ccc1C3O. The molecule has 4 nitrogen and oxygen atoms in total. The smallest absolute Gasteiger partial charge is 0.194 e. The van der Waals surface area contributed by atoms with Crippen LogP contribution in [0, 0.1) is 71.0 Å². The second-order valence-electron chi connectivity index (χ2n) is 21.4. The number of aliphatic hydroxyl groups excluding tert-OH is 1.